The molecule has 3 N–H and O–H groups in total. The van der Waals surface area contributed by atoms with E-state index in [4.69, 9.17) is 28.9 Å². The number of nitrogen functional groups attached to an aromatic ring is 1. The molecule has 0 spiro atoms. The molecule has 2 nitrogen and oxygen atoms in total. The van der Waals surface area contributed by atoms with Gasteiger partial charge >= 0.3 is 0 Å². The maximum absolute atomic E-state index is 5.93. The fourth-order valence-corrected chi connectivity index (χ4v) is 2.55. The van der Waals surface area contributed by atoms with E-state index in [0.29, 0.717) is 15.7 Å². The second kappa shape index (κ2) is 5.33. The molecule has 0 unspecified atom stereocenters. The van der Waals surface area contributed by atoms with Gasteiger partial charge in [0.1, 0.15) is 0 Å². The van der Waals surface area contributed by atoms with Crippen molar-refractivity contribution in [1.29, 1.82) is 0 Å². The predicted octanol–water partition coefficient (Wildman–Crippen LogP) is 4.92. The Kier molecular flexibility index (Phi) is 4.01. The summed E-state index contributed by atoms with van der Waals surface area (Å²) in [5, 5.41) is 4.58. The third-order valence-corrected chi connectivity index (χ3v) is 3.58. The SMILES string of the molecule is Nc1ccc(Cl)cc1Nc1ccc(Cl)cc1I. The molecule has 0 aliphatic heterocycles. The van der Waals surface area contributed by atoms with E-state index < -0.39 is 0 Å². The number of benzene rings is 2. The lowest BCUT2D eigenvalue weighted by Gasteiger charge is -2.11. The zero-order valence-corrected chi connectivity index (χ0v) is 12.3. The third-order valence-electron chi connectivity index (χ3n) is 2.22. The van der Waals surface area contributed by atoms with Crippen LogP contribution < -0.4 is 11.1 Å². The summed E-state index contributed by atoms with van der Waals surface area (Å²) >= 11 is 14.0. The van der Waals surface area contributed by atoms with Crippen LogP contribution in [0.1, 0.15) is 0 Å². The number of halogens is 3. The maximum Gasteiger partial charge on any atom is 0.0633 e. The number of anilines is 3. The van der Waals surface area contributed by atoms with E-state index in [9.17, 15) is 0 Å². The van der Waals surface area contributed by atoms with Crippen LogP contribution in [0.4, 0.5) is 17.1 Å². The summed E-state index contributed by atoms with van der Waals surface area (Å²) in [6.45, 7) is 0. The minimum absolute atomic E-state index is 0.644. The van der Waals surface area contributed by atoms with Gasteiger partial charge in [-0.15, -0.1) is 0 Å². The van der Waals surface area contributed by atoms with Gasteiger partial charge in [-0.3, -0.25) is 0 Å². The van der Waals surface area contributed by atoms with Gasteiger partial charge in [0.2, 0.25) is 0 Å². The smallest absolute Gasteiger partial charge is 0.0633 e. The second-order valence-electron chi connectivity index (χ2n) is 3.48. The van der Waals surface area contributed by atoms with E-state index >= 15 is 0 Å². The normalized spacial score (nSPS) is 10.3. The van der Waals surface area contributed by atoms with Gasteiger partial charge in [0.25, 0.3) is 0 Å². The van der Waals surface area contributed by atoms with Crippen molar-refractivity contribution >= 4 is 62.9 Å². The molecule has 2 aromatic carbocycles. The fraction of sp³-hybridized carbons (Fsp3) is 0. The van der Waals surface area contributed by atoms with Crippen LogP contribution in [0.15, 0.2) is 36.4 Å². The van der Waals surface area contributed by atoms with Crippen LogP contribution in [0.3, 0.4) is 0 Å². The van der Waals surface area contributed by atoms with Crippen LogP contribution in [0.25, 0.3) is 0 Å². The van der Waals surface area contributed by atoms with Crippen LogP contribution in [0, 0.1) is 3.57 Å². The molecule has 0 radical (unpaired) electrons. The van der Waals surface area contributed by atoms with E-state index in [1.807, 2.05) is 18.2 Å². The van der Waals surface area contributed by atoms with Crippen molar-refractivity contribution < 1.29 is 0 Å². The van der Waals surface area contributed by atoms with E-state index in [1.54, 1.807) is 18.2 Å². The Morgan fingerprint density at radius 2 is 1.59 bits per heavy atom. The van der Waals surface area contributed by atoms with Gasteiger partial charge < -0.3 is 11.1 Å². The van der Waals surface area contributed by atoms with Gasteiger partial charge in [-0.1, -0.05) is 23.2 Å². The fourth-order valence-electron chi connectivity index (χ4n) is 1.37. The lowest BCUT2D eigenvalue weighted by Crippen LogP contribution is -1.97. The van der Waals surface area contributed by atoms with E-state index in [0.717, 1.165) is 14.9 Å². The first-order valence-electron chi connectivity index (χ1n) is 4.83. The Balaban J connectivity index is 2.34. The van der Waals surface area contributed by atoms with Crippen molar-refractivity contribution in [1.82, 2.24) is 0 Å². The van der Waals surface area contributed by atoms with Crippen LogP contribution in [0.5, 0.6) is 0 Å². The van der Waals surface area contributed by atoms with E-state index in [-0.39, 0.29) is 0 Å². The summed E-state index contributed by atoms with van der Waals surface area (Å²) in [6.07, 6.45) is 0. The molecule has 0 aliphatic rings. The molecule has 0 fully saturated rings. The number of nitrogens with one attached hydrogen (secondary N) is 1. The van der Waals surface area contributed by atoms with Crippen molar-refractivity contribution in [3.05, 3.63) is 50.0 Å². The van der Waals surface area contributed by atoms with Crippen LogP contribution in [-0.4, -0.2) is 0 Å². The number of nitrogens with two attached hydrogens (primary N) is 1. The number of hydrogen-bond donors (Lipinski definition) is 2. The molecule has 2 aromatic rings. The first-order chi connectivity index (χ1) is 8.06. The van der Waals surface area contributed by atoms with E-state index in [2.05, 4.69) is 27.9 Å². The highest BCUT2D eigenvalue weighted by molar-refractivity contribution is 14.1. The van der Waals surface area contributed by atoms with Crippen LogP contribution in [-0.2, 0) is 0 Å². The minimum Gasteiger partial charge on any atom is -0.397 e. The Morgan fingerprint density at radius 1 is 0.941 bits per heavy atom. The van der Waals surface area contributed by atoms with Gasteiger partial charge in [0.15, 0.2) is 0 Å². The van der Waals surface area contributed by atoms with Crippen molar-refractivity contribution in [3.8, 4) is 0 Å². The highest BCUT2D eigenvalue weighted by Gasteiger charge is 2.04. The molecular weight excluding hydrogens is 370 g/mol. The van der Waals surface area contributed by atoms with Gasteiger partial charge in [-0.2, -0.15) is 0 Å². The molecule has 0 saturated carbocycles. The Hall–Kier alpha value is -0.650. The van der Waals surface area contributed by atoms with Crippen LogP contribution >= 0.6 is 45.8 Å². The topological polar surface area (TPSA) is 38.0 Å². The summed E-state index contributed by atoms with van der Waals surface area (Å²) in [6, 6.07) is 10.9. The summed E-state index contributed by atoms with van der Waals surface area (Å²) in [5.74, 6) is 0. The molecule has 5 heteroatoms. The Bertz CT molecular complexity index is 558. The molecule has 0 bridgehead atoms. The lowest BCUT2D eigenvalue weighted by atomic mass is 10.2. The molecule has 88 valence electrons. The zero-order valence-electron chi connectivity index (χ0n) is 8.68. The zero-order chi connectivity index (χ0) is 12.4. The van der Waals surface area contributed by atoms with Gasteiger partial charge in [-0.25, -0.2) is 0 Å². The van der Waals surface area contributed by atoms with Gasteiger partial charge in [0.05, 0.1) is 17.1 Å². The van der Waals surface area contributed by atoms with Gasteiger partial charge in [-0.05, 0) is 59.0 Å². The molecule has 0 amide bonds. The van der Waals surface area contributed by atoms with Crippen molar-refractivity contribution in [2.24, 2.45) is 0 Å². The number of rotatable bonds is 2. The monoisotopic (exact) mass is 378 g/mol. The second-order valence-corrected chi connectivity index (χ2v) is 5.52. The highest BCUT2D eigenvalue weighted by Crippen LogP contribution is 2.30. The summed E-state index contributed by atoms with van der Waals surface area (Å²) < 4.78 is 1.02. The average Bonchev–Trinajstić information content (AvgIpc) is 2.27. The maximum atomic E-state index is 5.93. The molecule has 0 saturated heterocycles. The van der Waals surface area contributed by atoms with Crippen molar-refractivity contribution in [2.45, 2.75) is 0 Å². The first-order valence-corrected chi connectivity index (χ1v) is 6.67. The molecule has 0 heterocycles. The van der Waals surface area contributed by atoms with Crippen molar-refractivity contribution in [3.63, 3.8) is 0 Å². The molecule has 17 heavy (non-hydrogen) atoms. The molecule has 0 atom stereocenters. The van der Waals surface area contributed by atoms with E-state index in [1.165, 1.54) is 0 Å². The first kappa shape index (κ1) is 12.8. The standard InChI is InChI=1S/C12H9Cl2IN2/c13-7-2-4-11(9(15)5-7)17-12-6-8(14)1-3-10(12)16/h1-6,17H,16H2. The summed E-state index contributed by atoms with van der Waals surface area (Å²) in [5.41, 5.74) is 8.26. The van der Waals surface area contributed by atoms with Crippen LogP contribution in [0.2, 0.25) is 10.0 Å². The Labute approximate surface area is 123 Å². The summed E-state index contributed by atoms with van der Waals surface area (Å²) in [4.78, 5) is 0. The van der Waals surface area contributed by atoms with Crippen molar-refractivity contribution in [2.75, 3.05) is 11.1 Å². The average molecular weight is 379 g/mol. The molecular formula is C12H9Cl2IN2. The van der Waals surface area contributed by atoms with Gasteiger partial charge in [0, 0.05) is 13.6 Å². The lowest BCUT2D eigenvalue weighted by molar-refractivity contribution is 1.52. The molecule has 0 aliphatic carbocycles. The predicted molar refractivity (Wildman–Crippen MR) is 83.3 cm³/mol. The molecule has 0 aromatic heterocycles. The molecule has 2 rings (SSSR count). The third kappa shape index (κ3) is 3.18. The Morgan fingerprint density at radius 3 is 2.29 bits per heavy atom. The minimum atomic E-state index is 0.644. The quantitative estimate of drug-likeness (QED) is 0.574. The largest absolute Gasteiger partial charge is 0.397 e. The summed E-state index contributed by atoms with van der Waals surface area (Å²) in [7, 11) is 0. The highest BCUT2D eigenvalue weighted by atomic mass is 127. The number of hydrogen-bond acceptors (Lipinski definition) is 2.